The molecule has 1 aromatic carbocycles. The van der Waals surface area contributed by atoms with Gasteiger partial charge in [0.25, 0.3) is 5.91 Å². The predicted octanol–water partition coefficient (Wildman–Crippen LogP) is 1.92. The topological polar surface area (TPSA) is 73.6 Å². The Balaban J connectivity index is 2.10. The molecule has 3 rings (SSSR count). The van der Waals surface area contributed by atoms with Crippen molar-refractivity contribution in [2.75, 3.05) is 7.05 Å². The van der Waals surface area contributed by atoms with Crippen LogP contribution in [0.4, 0.5) is 0 Å². The average Bonchev–Trinajstić information content (AvgIpc) is 3.04. The maximum Gasteiger partial charge on any atom is 0.251 e. The van der Waals surface area contributed by atoms with Crippen LogP contribution < -0.4 is 5.32 Å². The third-order valence-corrected chi connectivity index (χ3v) is 2.90. The zero-order valence-corrected chi connectivity index (χ0v) is 9.82. The van der Waals surface area contributed by atoms with Gasteiger partial charge in [-0.25, -0.2) is 0 Å². The van der Waals surface area contributed by atoms with Gasteiger partial charge in [0.15, 0.2) is 0 Å². The summed E-state index contributed by atoms with van der Waals surface area (Å²) in [7, 11) is 1.62. The van der Waals surface area contributed by atoms with Gasteiger partial charge in [0, 0.05) is 29.7 Å². The van der Waals surface area contributed by atoms with Gasteiger partial charge in [-0.1, -0.05) is 0 Å². The van der Waals surface area contributed by atoms with Gasteiger partial charge in [0.2, 0.25) is 0 Å². The van der Waals surface area contributed by atoms with Crippen LogP contribution in [0.15, 0.2) is 36.5 Å². The molecule has 5 heteroatoms. The molecule has 0 aliphatic rings. The Hall–Kier alpha value is -2.56. The van der Waals surface area contributed by atoms with Gasteiger partial charge in [-0.2, -0.15) is 5.10 Å². The van der Waals surface area contributed by atoms with Crippen molar-refractivity contribution in [1.29, 1.82) is 0 Å². The molecule has 0 unspecified atom stereocenters. The second kappa shape index (κ2) is 4.03. The minimum absolute atomic E-state index is 0.0822. The molecule has 3 N–H and O–H groups in total. The van der Waals surface area contributed by atoms with Crippen molar-refractivity contribution in [2.24, 2.45) is 0 Å². The Morgan fingerprint density at radius 1 is 1.22 bits per heavy atom. The second-order valence-corrected chi connectivity index (χ2v) is 4.03. The second-order valence-electron chi connectivity index (χ2n) is 4.03. The van der Waals surface area contributed by atoms with Gasteiger partial charge < -0.3 is 10.3 Å². The largest absolute Gasteiger partial charge is 0.355 e. The number of hydrogen-bond acceptors (Lipinski definition) is 2. The Bertz CT molecular complexity index is 697. The Morgan fingerprint density at radius 2 is 2.11 bits per heavy atom. The van der Waals surface area contributed by atoms with E-state index in [0.29, 0.717) is 5.56 Å². The molecule has 0 saturated heterocycles. The standard InChI is InChI=1S/C13H12N4O/c1-14-13(18)8-2-3-10-9(6-8)7-12(16-10)11-4-5-15-17-11/h2-7,16H,1H3,(H,14,18)(H,15,17). The number of nitrogens with zero attached hydrogens (tertiary/aromatic N) is 1. The molecule has 1 amide bonds. The van der Waals surface area contributed by atoms with E-state index in [-0.39, 0.29) is 5.91 Å². The average molecular weight is 240 g/mol. The monoisotopic (exact) mass is 240 g/mol. The van der Waals surface area contributed by atoms with Crippen LogP contribution in [0.25, 0.3) is 22.3 Å². The van der Waals surface area contributed by atoms with Crippen molar-refractivity contribution in [2.45, 2.75) is 0 Å². The van der Waals surface area contributed by atoms with E-state index < -0.39 is 0 Å². The molecule has 3 aromatic rings. The summed E-state index contributed by atoms with van der Waals surface area (Å²) in [5.41, 5.74) is 3.52. The van der Waals surface area contributed by atoms with Crippen LogP contribution in [0.1, 0.15) is 10.4 Å². The molecule has 5 nitrogen and oxygen atoms in total. The molecular formula is C13H12N4O. The molecule has 18 heavy (non-hydrogen) atoms. The van der Waals surface area contributed by atoms with E-state index in [1.54, 1.807) is 19.3 Å². The zero-order valence-electron chi connectivity index (χ0n) is 9.82. The molecular weight excluding hydrogens is 228 g/mol. The molecule has 0 aliphatic heterocycles. The van der Waals surface area contributed by atoms with Crippen LogP contribution >= 0.6 is 0 Å². The van der Waals surface area contributed by atoms with Crippen LogP contribution in [-0.2, 0) is 0 Å². The van der Waals surface area contributed by atoms with Crippen LogP contribution in [0.3, 0.4) is 0 Å². The Kier molecular flexibility index (Phi) is 2.37. The summed E-state index contributed by atoms with van der Waals surface area (Å²) in [6, 6.07) is 9.46. The first-order valence-corrected chi connectivity index (χ1v) is 5.62. The molecule has 0 saturated carbocycles. The fourth-order valence-corrected chi connectivity index (χ4v) is 1.97. The Morgan fingerprint density at radius 3 is 2.83 bits per heavy atom. The zero-order chi connectivity index (χ0) is 12.5. The summed E-state index contributed by atoms with van der Waals surface area (Å²) < 4.78 is 0. The van der Waals surface area contributed by atoms with Crippen molar-refractivity contribution >= 4 is 16.8 Å². The summed E-state index contributed by atoms with van der Waals surface area (Å²) in [5, 5.41) is 10.4. The molecule has 0 radical (unpaired) electrons. The molecule has 0 atom stereocenters. The number of carbonyl (C=O) groups is 1. The molecule has 90 valence electrons. The molecule has 2 aromatic heterocycles. The van der Waals surface area contributed by atoms with E-state index in [0.717, 1.165) is 22.3 Å². The predicted molar refractivity (Wildman–Crippen MR) is 69.3 cm³/mol. The van der Waals surface area contributed by atoms with Gasteiger partial charge in [0.1, 0.15) is 0 Å². The van der Waals surface area contributed by atoms with Gasteiger partial charge >= 0.3 is 0 Å². The highest BCUT2D eigenvalue weighted by Gasteiger charge is 2.07. The lowest BCUT2D eigenvalue weighted by atomic mass is 10.1. The SMILES string of the molecule is CNC(=O)c1ccc2[nH]c(-c3ccn[nH]3)cc2c1. The number of nitrogens with one attached hydrogen (secondary N) is 3. The first-order valence-electron chi connectivity index (χ1n) is 5.62. The first kappa shape index (κ1) is 10.6. The summed E-state index contributed by atoms with van der Waals surface area (Å²) in [4.78, 5) is 14.8. The molecule has 2 heterocycles. The highest BCUT2D eigenvalue weighted by Crippen LogP contribution is 2.23. The third-order valence-electron chi connectivity index (χ3n) is 2.90. The lowest BCUT2D eigenvalue weighted by Gasteiger charge is -1.98. The van der Waals surface area contributed by atoms with Crippen LogP contribution in [-0.4, -0.2) is 28.1 Å². The number of carbonyl (C=O) groups excluding carboxylic acids is 1. The smallest absolute Gasteiger partial charge is 0.251 e. The van der Waals surface area contributed by atoms with Crippen LogP contribution in [0, 0.1) is 0 Å². The number of benzene rings is 1. The van der Waals surface area contributed by atoms with Crippen molar-refractivity contribution in [1.82, 2.24) is 20.5 Å². The maximum atomic E-state index is 11.6. The minimum atomic E-state index is -0.0822. The summed E-state index contributed by atoms with van der Waals surface area (Å²) in [5.74, 6) is -0.0822. The summed E-state index contributed by atoms with van der Waals surface area (Å²) in [6.07, 6.45) is 1.71. The number of H-pyrrole nitrogens is 2. The molecule has 0 bridgehead atoms. The highest BCUT2D eigenvalue weighted by atomic mass is 16.1. The van der Waals surface area contributed by atoms with E-state index in [9.17, 15) is 4.79 Å². The molecule has 0 aliphatic carbocycles. The van der Waals surface area contributed by atoms with Gasteiger partial charge in [0.05, 0.1) is 11.4 Å². The van der Waals surface area contributed by atoms with Crippen LogP contribution in [0.2, 0.25) is 0 Å². The first-order chi connectivity index (χ1) is 8.78. The van der Waals surface area contributed by atoms with E-state index in [2.05, 4.69) is 20.5 Å². The van der Waals surface area contributed by atoms with E-state index >= 15 is 0 Å². The van der Waals surface area contributed by atoms with Crippen LogP contribution in [0.5, 0.6) is 0 Å². The summed E-state index contributed by atoms with van der Waals surface area (Å²) >= 11 is 0. The lowest BCUT2D eigenvalue weighted by Crippen LogP contribution is -2.17. The summed E-state index contributed by atoms with van der Waals surface area (Å²) in [6.45, 7) is 0. The van der Waals surface area contributed by atoms with Gasteiger partial charge in [-0.05, 0) is 30.3 Å². The normalized spacial score (nSPS) is 10.7. The molecule has 0 fully saturated rings. The third kappa shape index (κ3) is 1.66. The number of aromatic nitrogens is 3. The van der Waals surface area contributed by atoms with E-state index in [1.165, 1.54) is 0 Å². The quantitative estimate of drug-likeness (QED) is 0.640. The van der Waals surface area contributed by atoms with Crippen molar-refractivity contribution in [3.8, 4) is 11.4 Å². The number of fused-ring (bicyclic) bond motifs is 1. The Labute approximate surface area is 103 Å². The number of hydrogen-bond donors (Lipinski definition) is 3. The fraction of sp³-hybridized carbons (Fsp3) is 0.0769. The fourth-order valence-electron chi connectivity index (χ4n) is 1.97. The maximum absolute atomic E-state index is 11.6. The highest BCUT2D eigenvalue weighted by molar-refractivity contribution is 5.98. The van der Waals surface area contributed by atoms with Gasteiger partial charge in [-0.3, -0.25) is 9.89 Å². The number of rotatable bonds is 2. The number of aromatic amines is 2. The minimum Gasteiger partial charge on any atom is -0.355 e. The number of amides is 1. The van der Waals surface area contributed by atoms with Crippen molar-refractivity contribution in [3.05, 3.63) is 42.1 Å². The van der Waals surface area contributed by atoms with E-state index in [4.69, 9.17) is 0 Å². The van der Waals surface area contributed by atoms with Gasteiger partial charge in [-0.15, -0.1) is 0 Å². The van der Waals surface area contributed by atoms with E-state index in [1.807, 2.05) is 24.3 Å². The van der Waals surface area contributed by atoms with Crippen molar-refractivity contribution < 1.29 is 4.79 Å². The lowest BCUT2D eigenvalue weighted by molar-refractivity contribution is 0.0963. The molecule has 0 spiro atoms. The van der Waals surface area contributed by atoms with Crippen molar-refractivity contribution in [3.63, 3.8) is 0 Å².